The van der Waals surface area contributed by atoms with Crippen LogP contribution in [0.15, 0.2) is 53.8 Å². The number of nitrogens with zero attached hydrogens (tertiary/aromatic N) is 2. The highest BCUT2D eigenvalue weighted by Crippen LogP contribution is 2.55. The molecule has 1 aromatic carbocycles. The lowest BCUT2D eigenvalue weighted by molar-refractivity contribution is 0.944. The average Bonchev–Trinajstić information content (AvgIpc) is 2.88. The Labute approximate surface area is 140 Å². The van der Waals surface area contributed by atoms with Crippen LogP contribution in [-0.4, -0.2) is 9.97 Å². The van der Waals surface area contributed by atoms with E-state index in [1.54, 1.807) is 0 Å². The first-order valence-electron chi connectivity index (χ1n) is 7.99. The van der Waals surface area contributed by atoms with Gasteiger partial charge in [-0.05, 0) is 41.8 Å². The van der Waals surface area contributed by atoms with E-state index in [1.807, 2.05) is 36.4 Å². The van der Waals surface area contributed by atoms with Gasteiger partial charge in [0.15, 0.2) is 0 Å². The van der Waals surface area contributed by atoms with Crippen LogP contribution in [0.1, 0.15) is 41.7 Å². The number of pyridine rings is 2. The van der Waals surface area contributed by atoms with Gasteiger partial charge >= 0.3 is 0 Å². The molecule has 0 saturated carbocycles. The molecule has 5 rings (SSSR count). The van der Waals surface area contributed by atoms with E-state index >= 15 is 0 Å². The lowest BCUT2D eigenvalue weighted by atomic mass is 9.88. The Kier molecular flexibility index (Phi) is 2.71. The predicted molar refractivity (Wildman–Crippen MR) is 94.7 cm³/mol. The largest absolute Gasteiger partial charge is 0.264 e. The normalized spacial score (nSPS) is 20.4. The highest BCUT2D eigenvalue weighted by atomic mass is 32.2. The van der Waals surface area contributed by atoms with Gasteiger partial charge in [0.2, 0.25) is 0 Å². The van der Waals surface area contributed by atoms with E-state index in [9.17, 15) is 0 Å². The summed E-state index contributed by atoms with van der Waals surface area (Å²) in [4.78, 5) is 10.4. The van der Waals surface area contributed by atoms with Crippen molar-refractivity contribution in [1.82, 2.24) is 9.97 Å². The summed E-state index contributed by atoms with van der Waals surface area (Å²) in [7, 11) is 0. The summed E-state index contributed by atoms with van der Waals surface area (Å²) in [6.45, 7) is 4.57. The monoisotopic (exact) mass is 316 g/mol. The first kappa shape index (κ1) is 13.3. The Balaban J connectivity index is 1.86. The third kappa shape index (κ3) is 1.71. The zero-order valence-electron chi connectivity index (χ0n) is 13.1. The third-order valence-corrected chi connectivity index (χ3v) is 6.27. The molecule has 3 aromatic rings. The molecule has 1 aliphatic heterocycles. The van der Waals surface area contributed by atoms with Crippen LogP contribution in [0, 0.1) is 0 Å². The molecule has 3 heteroatoms. The van der Waals surface area contributed by atoms with Crippen molar-refractivity contribution < 1.29 is 0 Å². The molecule has 112 valence electrons. The molecule has 2 aromatic heterocycles. The van der Waals surface area contributed by atoms with Crippen molar-refractivity contribution in [2.45, 2.75) is 29.9 Å². The second kappa shape index (κ2) is 4.68. The van der Waals surface area contributed by atoms with Gasteiger partial charge in [-0.1, -0.05) is 19.1 Å². The summed E-state index contributed by atoms with van der Waals surface area (Å²) in [6, 6.07) is 10.9. The fraction of sp³-hybridized carbons (Fsp3) is 0.200. The molecule has 2 atom stereocenters. The SMILES string of the molecule is CC1Sc2ccc3c(c2-c2cnccc21)C(C)c1cccnc1-3. The summed E-state index contributed by atoms with van der Waals surface area (Å²) >= 11 is 1.95. The standard InChI is InChI=1S/C20H16N2S/c1-11-13-4-3-8-22-20(13)15-5-6-17-19(18(11)15)16-10-21-9-7-14(16)12(2)23-17/h3-12H,1-2H3. The number of thioether (sulfide) groups is 1. The second-order valence-electron chi connectivity index (χ2n) is 6.29. The lowest BCUT2D eigenvalue weighted by Crippen LogP contribution is -2.05. The molecule has 0 bridgehead atoms. The maximum atomic E-state index is 4.65. The summed E-state index contributed by atoms with van der Waals surface area (Å²) in [5, 5.41) is 0.468. The van der Waals surface area contributed by atoms with Gasteiger partial charge in [-0.25, -0.2) is 0 Å². The van der Waals surface area contributed by atoms with Gasteiger partial charge in [0.25, 0.3) is 0 Å². The number of rotatable bonds is 0. The van der Waals surface area contributed by atoms with Crippen molar-refractivity contribution in [3.63, 3.8) is 0 Å². The van der Waals surface area contributed by atoms with Gasteiger partial charge in [-0.2, -0.15) is 0 Å². The van der Waals surface area contributed by atoms with E-state index in [1.165, 1.54) is 38.3 Å². The van der Waals surface area contributed by atoms with Gasteiger partial charge in [0, 0.05) is 51.3 Å². The van der Waals surface area contributed by atoms with E-state index < -0.39 is 0 Å². The minimum atomic E-state index is 0.380. The Morgan fingerprint density at radius 2 is 1.87 bits per heavy atom. The fourth-order valence-corrected chi connectivity index (χ4v) is 5.20. The van der Waals surface area contributed by atoms with E-state index in [0.29, 0.717) is 11.2 Å². The van der Waals surface area contributed by atoms with Crippen LogP contribution in [0.5, 0.6) is 0 Å². The molecule has 0 fully saturated rings. The summed E-state index contributed by atoms with van der Waals surface area (Å²) in [5.74, 6) is 0.380. The first-order valence-corrected chi connectivity index (χ1v) is 8.87. The molecule has 1 aliphatic carbocycles. The number of aromatic nitrogens is 2. The van der Waals surface area contributed by atoms with Crippen molar-refractivity contribution in [1.29, 1.82) is 0 Å². The smallest absolute Gasteiger partial charge is 0.0743 e. The van der Waals surface area contributed by atoms with Crippen LogP contribution < -0.4 is 0 Å². The van der Waals surface area contributed by atoms with Crippen LogP contribution in [-0.2, 0) is 0 Å². The average molecular weight is 316 g/mol. The predicted octanol–water partition coefficient (Wildman–Crippen LogP) is 5.44. The molecule has 2 aliphatic rings. The Morgan fingerprint density at radius 1 is 0.957 bits per heavy atom. The summed E-state index contributed by atoms with van der Waals surface area (Å²) in [5.41, 5.74) is 9.25. The van der Waals surface area contributed by atoms with Crippen LogP contribution in [0.3, 0.4) is 0 Å². The molecular formula is C20H16N2S. The zero-order valence-corrected chi connectivity index (χ0v) is 13.9. The Morgan fingerprint density at radius 3 is 2.78 bits per heavy atom. The highest BCUT2D eigenvalue weighted by Gasteiger charge is 2.33. The van der Waals surface area contributed by atoms with E-state index in [4.69, 9.17) is 0 Å². The summed E-state index contributed by atoms with van der Waals surface area (Å²) < 4.78 is 0. The molecule has 0 spiro atoms. The minimum absolute atomic E-state index is 0.380. The molecular weight excluding hydrogens is 300 g/mol. The molecule has 3 heterocycles. The topological polar surface area (TPSA) is 25.8 Å². The Bertz CT molecular complexity index is 948. The number of hydrogen-bond acceptors (Lipinski definition) is 3. The molecule has 2 nitrogen and oxygen atoms in total. The molecule has 0 amide bonds. The van der Waals surface area contributed by atoms with Gasteiger partial charge in [-0.15, -0.1) is 11.8 Å². The number of benzene rings is 1. The molecule has 23 heavy (non-hydrogen) atoms. The lowest BCUT2D eigenvalue weighted by Gasteiger charge is -2.27. The van der Waals surface area contributed by atoms with E-state index in [2.05, 4.69) is 48.1 Å². The third-order valence-electron chi connectivity index (χ3n) is 5.07. The number of fused-ring (bicyclic) bond motifs is 7. The van der Waals surface area contributed by atoms with Gasteiger partial charge < -0.3 is 0 Å². The fourth-order valence-electron chi connectivity index (χ4n) is 4.00. The van der Waals surface area contributed by atoms with Gasteiger partial charge in [0.1, 0.15) is 0 Å². The molecule has 0 saturated heterocycles. The van der Waals surface area contributed by atoms with E-state index in [0.717, 1.165) is 5.69 Å². The summed E-state index contributed by atoms with van der Waals surface area (Å²) in [6.07, 6.45) is 5.84. The van der Waals surface area contributed by atoms with Gasteiger partial charge in [0.05, 0.1) is 5.69 Å². The maximum absolute atomic E-state index is 4.65. The van der Waals surface area contributed by atoms with Crippen molar-refractivity contribution in [3.05, 3.63) is 65.6 Å². The van der Waals surface area contributed by atoms with Crippen LogP contribution in [0.4, 0.5) is 0 Å². The maximum Gasteiger partial charge on any atom is 0.0743 e. The highest BCUT2D eigenvalue weighted by molar-refractivity contribution is 7.99. The number of hydrogen-bond donors (Lipinski definition) is 0. The van der Waals surface area contributed by atoms with Crippen LogP contribution >= 0.6 is 11.8 Å². The quantitative estimate of drug-likeness (QED) is 0.552. The molecule has 2 unspecified atom stereocenters. The van der Waals surface area contributed by atoms with E-state index in [-0.39, 0.29) is 0 Å². The van der Waals surface area contributed by atoms with Crippen molar-refractivity contribution in [2.24, 2.45) is 0 Å². The molecule has 0 radical (unpaired) electrons. The van der Waals surface area contributed by atoms with Crippen LogP contribution in [0.2, 0.25) is 0 Å². The molecule has 0 N–H and O–H groups in total. The second-order valence-corrected chi connectivity index (χ2v) is 7.67. The zero-order chi connectivity index (χ0) is 15.6. The van der Waals surface area contributed by atoms with Crippen molar-refractivity contribution in [3.8, 4) is 22.4 Å². The van der Waals surface area contributed by atoms with Crippen molar-refractivity contribution in [2.75, 3.05) is 0 Å². The van der Waals surface area contributed by atoms with Gasteiger partial charge in [-0.3, -0.25) is 9.97 Å². The minimum Gasteiger partial charge on any atom is -0.264 e. The van der Waals surface area contributed by atoms with Crippen LogP contribution in [0.25, 0.3) is 22.4 Å². The van der Waals surface area contributed by atoms with Crippen molar-refractivity contribution >= 4 is 11.8 Å². The Hall–Kier alpha value is -2.13. The first-order chi connectivity index (χ1) is 11.3.